The van der Waals surface area contributed by atoms with E-state index < -0.39 is 17.5 Å². The average molecular weight is 259 g/mol. The third-order valence-corrected chi connectivity index (χ3v) is 2.76. The van der Waals surface area contributed by atoms with Gasteiger partial charge in [0.15, 0.2) is 17.5 Å². The predicted octanol–water partition coefficient (Wildman–Crippen LogP) is 4.19. The third kappa shape index (κ3) is 4.02. The average Bonchev–Trinajstić information content (AvgIpc) is 2.30. The second kappa shape index (κ2) is 6.78. The topological polar surface area (TPSA) is 12.0 Å². The van der Waals surface area contributed by atoms with Crippen LogP contribution < -0.4 is 5.32 Å². The van der Waals surface area contributed by atoms with E-state index in [1.54, 1.807) is 0 Å². The van der Waals surface area contributed by atoms with Gasteiger partial charge in [-0.05, 0) is 43.0 Å². The molecule has 0 saturated carbocycles. The van der Waals surface area contributed by atoms with Crippen LogP contribution in [0.1, 0.15) is 45.2 Å². The van der Waals surface area contributed by atoms with Crippen molar-refractivity contribution in [2.24, 2.45) is 5.92 Å². The molecule has 1 rings (SSSR count). The van der Waals surface area contributed by atoms with Crippen LogP contribution in [0.25, 0.3) is 0 Å². The quantitative estimate of drug-likeness (QED) is 0.755. The van der Waals surface area contributed by atoms with E-state index in [9.17, 15) is 13.2 Å². The molecule has 0 amide bonds. The van der Waals surface area contributed by atoms with Gasteiger partial charge in [-0.1, -0.05) is 20.8 Å². The van der Waals surface area contributed by atoms with E-state index in [0.29, 0.717) is 11.5 Å². The van der Waals surface area contributed by atoms with Crippen molar-refractivity contribution in [3.8, 4) is 0 Å². The summed E-state index contributed by atoms with van der Waals surface area (Å²) in [5.74, 6) is -3.28. The van der Waals surface area contributed by atoms with E-state index in [2.05, 4.69) is 5.32 Å². The zero-order valence-electron chi connectivity index (χ0n) is 11.1. The lowest BCUT2D eigenvalue weighted by Crippen LogP contribution is -2.24. The summed E-state index contributed by atoms with van der Waals surface area (Å²) in [6, 6.07) is 2.01. The van der Waals surface area contributed by atoms with Gasteiger partial charge in [-0.25, -0.2) is 13.2 Å². The number of hydrogen-bond donors (Lipinski definition) is 1. The van der Waals surface area contributed by atoms with Gasteiger partial charge in [0.25, 0.3) is 0 Å². The van der Waals surface area contributed by atoms with E-state index >= 15 is 0 Å². The van der Waals surface area contributed by atoms with Gasteiger partial charge in [0.2, 0.25) is 0 Å². The van der Waals surface area contributed by atoms with Crippen molar-refractivity contribution in [1.82, 2.24) is 5.32 Å². The first-order valence-electron chi connectivity index (χ1n) is 6.33. The molecule has 0 bridgehead atoms. The highest BCUT2D eigenvalue weighted by atomic mass is 19.2. The first-order valence-corrected chi connectivity index (χ1v) is 6.33. The van der Waals surface area contributed by atoms with E-state index in [0.717, 1.165) is 31.5 Å². The van der Waals surface area contributed by atoms with Crippen molar-refractivity contribution in [3.63, 3.8) is 0 Å². The summed E-state index contributed by atoms with van der Waals surface area (Å²) in [6.07, 6.45) is 1.69. The summed E-state index contributed by atoms with van der Waals surface area (Å²) in [5.41, 5.74) is 0.466. The summed E-state index contributed by atoms with van der Waals surface area (Å²) in [7, 11) is 0. The van der Waals surface area contributed by atoms with Gasteiger partial charge in [0.1, 0.15) is 0 Å². The number of rotatable bonds is 6. The Morgan fingerprint density at radius 1 is 1.11 bits per heavy atom. The second-order valence-electron chi connectivity index (χ2n) is 4.93. The molecule has 0 radical (unpaired) electrons. The lowest BCUT2D eigenvalue weighted by atomic mass is 9.96. The summed E-state index contributed by atoms with van der Waals surface area (Å²) in [6.45, 7) is 6.86. The molecule has 0 spiro atoms. The highest BCUT2D eigenvalue weighted by Gasteiger charge is 2.17. The SMILES string of the molecule is CCCNC(CC(C)C)c1cc(F)c(F)c(F)c1. The van der Waals surface area contributed by atoms with Crippen LogP contribution in [0, 0.1) is 23.4 Å². The molecule has 102 valence electrons. The molecule has 0 fully saturated rings. The molecule has 1 N–H and O–H groups in total. The zero-order chi connectivity index (χ0) is 13.7. The molecule has 1 unspecified atom stereocenters. The zero-order valence-corrected chi connectivity index (χ0v) is 11.1. The maximum atomic E-state index is 13.2. The van der Waals surface area contributed by atoms with Gasteiger partial charge in [-0.3, -0.25) is 0 Å². The number of benzene rings is 1. The fourth-order valence-electron chi connectivity index (χ4n) is 1.90. The van der Waals surface area contributed by atoms with Gasteiger partial charge in [-0.2, -0.15) is 0 Å². The lowest BCUT2D eigenvalue weighted by Gasteiger charge is -2.21. The van der Waals surface area contributed by atoms with E-state index in [-0.39, 0.29) is 6.04 Å². The molecular formula is C14H20F3N. The molecule has 0 heterocycles. The molecule has 0 aromatic heterocycles. The van der Waals surface area contributed by atoms with Crippen LogP contribution in [0.2, 0.25) is 0 Å². The maximum Gasteiger partial charge on any atom is 0.194 e. The molecular weight excluding hydrogens is 239 g/mol. The minimum absolute atomic E-state index is 0.144. The van der Waals surface area contributed by atoms with Crippen molar-refractivity contribution in [3.05, 3.63) is 35.1 Å². The smallest absolute Gasteiger partial charge is 0.194 e. The Morgan fingerprint density at radius 3 is 2.11 bits per heavy atom. The van der Waals surface area contributed by atoms with Crippen molar-refractivity contribution in [2.45, 2.75) is 39.7 Å². The molecule has 1 aromatic carbocycles. The second-order valence-corrected chi connectivity index (χ2v) is 4.93. The monoisotopic (exact) mass is 259 g/mol. The Kier molecular flexibility index (Phi) is 5.66. The first-order chi connectivity index (χ1) is 8.45. The minimum Gasteiger partial charge on any atom is -0.310 e. The van der Waals surface area contributed by atoms with E-state index in [1.807, 2.05) is 20.8 Å². The van der Waals surface area contributed by atoms with Crippen LogP contribution in [-0.2, 0) is 0 Å². The van der Waals surface area contributed by atoms with Gasteiger partial charge < -0.3 is 5.32 Å². The van der Waals surface area contributed by atoms with Crippen LogP contribution in [0.5, 0.6) is 0 Å². The van der Waals surface area contributed by atoms with E-state index in [1.165, 1.54) is 0 Å². The molecule has 18 heavy (non-hydrogen) atoms. The number of nitrogens with one attached hydrogen (secondary N) is 1. The standard InChI is InChI=1S/C14H20F3N/c1-4-5-18-13(6-9(2)3)10-7-11(15)14(17)12(16)8-10/h7-9,13,18H,4-6H2,1-3H3. The molecule has 0 aliphatic carbocycles. The van der Waals surface area contributed by atoms with Gasteiger partial charge in [-0.15, -0.1) is 0 Å². The normalized spacial score (nSPS) is 13.1. The summed E-state index contributed by atoms with van der Waals surface area (Å²) < 4.78 is 39.4. The molecule has 4 heteroatoms. The first kappa shape index (κ1) is 15.0. The van der Waals surface area contributed by atoms with Crippen LogP contribution in [-0.4, -0.2) is 6.54 Å². The molecule has 1 aromatic rings. The lowest BCUT2D eigenvalue weighted by molar-refractivity contribution is 0.413. The number of hydrogen-bond acceptors (Lipinski definition) is 1. The van der Waals surface area contributed by atoms with Crippen molar-refractivity contribution < 1.29 is 13.2 Å². The molecule has 0 aliphatic heterocycles. The maximum absolute atomic E-state index is 13.2. The van der Waals surface area contributed by atoms with Gasteiger partial charge in [0.05, 0.1) is 0 Å². The predicted molar refractivity (Wildman–Crippen MR) is 66.8 cm³/mol. The largest absolute Gasteiger partial charge is 0.310 e. The number of halogens is 3. The fourth-order valence-corrected chi connectivity index (χ4v) is 1.90. The Hall–Kier alpha value is -1.03. The third-order valence-electron chi connectivity index (χ3n) is 2.76. The van der Waals surface area contributed by atoms with Gasteiger partial charge >= 0.3 is 0 Å². The molecule has 0 saturated heterocycles. The van der Waals surface area contributed by atoms with E-state index in [4.69, 9.17) is 0 Å². The highest BCUT2D eigenvalue weighted by Crippen LogP contribution is 2.24. The molecule has 0 aliphatic rings. The summed E-state index contributed by atoms with van der Waals surface area (Å²) >= 11 is 0. The Balaban J connectivity index is 2.96. The van der Waals surface area contributed by atoms with Crippen LogP contribution in [0.4, 0.5) is 13.2 Å². The molecule has 1 nitrogen and oxygen atoms in total. The van der Waals surface area contributed by atoms with Crippen molar-refractivity contribution in [1.29, 1.82) is 0 Å². The highest BCUT2D eigenvalue weighted by molar-refractivity contribution is 5.22. The summed E-state index contributed by atoms with van der Waals surface area (Å²) in [4.78, 5) is 0. The fraction of sp³-hybridized carbons (Fsp3) is 0.571. The summed E-state index contributed by atoms with van der Waals surface area (Å²) in [5, 5.41) is 3.24. The molecule has 1 atom stereocenters. The Morgan fingerprint density at radius 2 is 1.67 bits per heavy atom. The van der Waals surface area contributed by atoms with Crippen molar-refractivity contribution in [2.75, 3.05) is 6.54 Å². The van der Waals surface area contributed by atoms with Crippen LogP contribution in [0.15, 0.2) is 12.1 Å². The van der Waals surface area contributed by atoms with Crippen molar-refractivity contribution >= 4 is 0 Å². The van der Waals surface area contributed by atoms with Crippen LogP contribution in [0.3, 0.4) is 0 Å². The van der Waals surface area contributed by atoms with Crippen LogP contribution >= 0.6 is 0 Å². The van der Waals surface area contributed by atoms with Gasteiger partial charge in [0, 0.05) is 6.04 Å². The Bertz CT molecular complexity index is 368. The minimum atomic E-state index is -1.41. The Labute approximate surface area is 106 Å².